The molecule has 12 nitrogen and oxygen atoms in total. The van der Waals surface area contributed by atoms with Gasteiger partial charge in [0.1, 0.15) is 0 Å². The second-order valence-electron chi connectivity index (χ2n) is 9.88. The van der Waals surface area contributed by atoms with Crippen molar-refractivity contribution in [3.8, 4) is 0 Å². The van der Waals surface area contributed by atoms with Crippen molar-refractivity contribution in [2.24, 2.45) is 45.6 Å². The molecule has 0 radical (unpaired) electrons. The molecule has 1 aliphatic rings. The summed E-state index contributed by atoms with van der Waals surface area (Å²) < 4.78 is 27.5. The van der Waals surface area contributed by atoms with Crippen molar-refractivity contribution in [2.45, 2.75) is 167 Å². The van der Waals surface area contributed by atoms with E-state index < -0.39 is 0 Å². The van der Waals surface area contributed by atoms with Crippen LogP contribution in [0.5, 0.6) is 0 Å². The van der Waals surface area contributed by atoms with Crippen LogP contribution in [0, 0.1) is 5.41 Å². The molecular formula is C39H107N7O5. The van der Waals surface area contributed by atoms with Crippen LogP contribution in [0.15, 0.2) is 36.8 Å². The lowest BCUT2D eigenvalue weighted by atomic mass is 10.0. The third kappa shape index (κ3) is 52.7. The minimum absolute atomic E-state index is 0. The molecular weight excluding hydrogens is 646 g/mol. The summed E-state index contributed by atoms with van der Waals surface area (Å²) in [4.78, 5) is 0. The number of hydrogen-bond acceptors (Lipinski definition) is 12. The maximum absolute atomic E-state index is 5.83. The first-order valence-electron chi connectivity index (χ1n) is 13.6. The van der Waals surface area contributed by atoms with Gasteiger partial charge in [0, 0.05) is 24.2 Å². The van der Waals surface area contributed by atoms with Crippen LogP contribution < -0.4 is 40.1 Å². The van der Waals surface area contributed by atoms with Crippen LogP contribution in [-0.4, -0.2) is 89.2 Å². The molecule has 1 rings (SSSR count). The Morgan fingerprint density at radius 2 is 0.725 bits per heavy atom. The highest BCUT2D eigenvalue weighted by Gasteiger charge is 2.66. The van der Waals surface area contributed by atoms with Gasteiger partial charge in [0.15, 0.2) is 0 Å². The fourth-order valence-corrected chi connectivity index (χ4v) is 3.27. The minimum Gasteiger partial charge on any atom is -0.405 e. The van der Waals surface area contributed by atoms with Crippen LogP contribution in [0.4, 0.5) is 0 Å². The zero-order valence-corrected chi connectivity index (χ0v) is 24.9. The lowest BCUT2D eigenvalue weighted by Crippen LogP contribution is -2.27. The van der Waals surface area contributed by atoms with Gasteiger partial charge in [-0.3, -0.25) is 0 Å². The van der Waals surface area contributed by atoms with E-state index >= 15 is 0 Å². The Morgan fingerprint density at radius 3 is 0.941 bits per heavy atom. The molecule has 0 aromatic rings. The molecule has 0 bridgehead atoms. The van der Waals surface area contributed by atoms with Gasteiger partial charge in [-0.25, -0.2) is 0 Å². The van der Waals surface area contributed by atoms with E-state index in [1.807, 2.05) is 27.7 Å². The molecule has 51 heavy (non-hydrogen) atoms. The average molecular weight is 754 g/mol. The highest BCUT2D eigenvalue weighted by molar-refractivity contribution is 5.15. The summed E-state index contributed by atoms with van der Waals surface area (Å²) in [5.41, 5.74) is 37.5. The number of hydrogen-bond donors (Lipinski definition) is 7. The van der Waals surface area contributed by atoms with E-state index in [0.717, 1.165) is 6.42 Å². The Balaban J connectivity index is -0.0000000333. The molecule has 1 fully saturated rings. The second-order valence-corrected chi connectivity index (χ2v) is 9.88. The van der Waals surface area contributed by atoms with Gasteiger partial charge in [-0.2, -0.15) is 0 Å². The van der Waals surface area contributed by atoms with Crippen molar-refractivity contribution in [3.63, 3.8) is 0 Å². The molecule has 328 valence electrons. The van der Waals surface area contributed by atoms with Gasteiger partial charge >= 0.3 is 0 Å². The monoisotopic (exact) mass is 754 g/mol. The van der Waals surface area contributed by atoms with Crippen molar-refractivity contribution in [3.05, 3.63) is 36.8 Å². The van der Waals surface area contributed by atoms with Crippen molar-refractivity contribution in [1.29, 1.82) is 0 Å². The second kappa shape index (κ2) is 60.4. The first-order valence-corrected chi connectivity index (χ1v) is 13.6. The zero-order chi connectivity index (χ0) is 30.1. The quantitative estimate of drug-likeness (QED) is 0.0632. The molecule has 6 unspecified atom stereocenters. The van der Waals surface area contributed by atoms with Crippen LogP contribution >= 0.6 is 0 Å². The van der Waals surface area contributed by atoms with Crippen molar-refractivity contribution in [1.82, 2.24) is 0 Å². The maximum atomic E-state index is 5.83. The smallest absolute Gasteiger partial charge is 0.0952 e. The standard InChI is InChI=1S/C15H27N3O3.2C6H16N2O.12CH4/c1-2-15(12-19-9-3-6-16)13(20-10-4-7-17)14(15)21-11-5-8-18;2*1-5(7)3-9-4-6(2)8;;;;;;;;;;;;/h3-8,13-14H,2,9-12,16-18H2,1H3;2*5-6H,3-4,7-8H2,1-2H3;12*1H4/b6-3+,7-4+,8-5+;;;;;;;;;;;;;;. The molecule has 0 aromatic heterocycles. The fourth-order valence-electron chi connectivity index (χ4n) is 3.27. The number of rotatable bonds is 19. The summed E-state index contributed by atoms with van der Waals surface area (Å²) in [7, 11) is 0. The van der Waals surface area contributed by atoms with Gasteiger partial charge in [0.2, 0.25) is 0 Å². The maximum Gasteiger partial charge on any atom is 0.0952 e. The molecule has 14 N–H and O–H groups in total. The van der Waals surface area contributed by atoms with E-state index in [1.165, 1.54) is 18.6 Å². The number of ether oxygens (including phenoxy) is 5. The van der Waals surface area contributed by atoms with E-state index in [2.05, 4.69) is 6.92 Å². The Kier molecular flexibility index (Phi) is 109. The molecule has 0 saturated heterocycles. The summed E-state index contributed by atoms with van der Waals surface area (Å²) >= 11 is 0. The first kappa shape index (κ1) is 92.3. The summed E-state index contributed by atoms with van der Waals surface area (Å²) in [6, 6.07) is 0.458. The van der Waals surface area contributed by atoms with Crippen LogP contribution in [0.2, 0.25) is 0 Å². The van der Waals surface area contributed by atoms with Gasteiger partial charge in [-0.05, 0) is 70.9 Å². The molecule has 0 heterocycles. The van der Waals surface area contributed by atoms with Crippen LogP contribution in [0.25, 0.3) is 0 Å². The Bertz CT molecular complexity index is 581. The van der Waals surface area contributed by atoms with Gasteiger partial charge in [0.05, 0.1) is 70.5 Å². The van der Waals surface area contributed by atoms with E-state index in [1.54, 1.807) is 18.2 Å². The third-order valence-electron chi connectivity index (χ3n) is 5.22. The van der Waals surface area contributed by atoms with Crippen molar-refractivity contribution < 1.29 is 23.7 Å². The average Bonchev–Trinajstić information content (AvgIpc) is 3.47. The lowest BCUT2D eigenvalue weighted by Gasteiger charge is -2.15. The normalized spacial score (nSPS) is 18.1. The minimum atomic E-state index is -0.118. The predicted octanol–water partition coefficient (Wildman–Crippen LogP) is 7.63. The van der Waals surface area contributed by atoms with Gasteiger partial charge < -0.3 is 63.8 Å². The van der Waals surface area contributed by atoms with E-state index in [-0.39, 0.29) is 131 Å². The summed E-state index contributed by atoms with van der Waals surface area (Å²) in [6.45, 7) is 14.1. The number of nitrogens with two attached hydrogens (primary N) is 7. The molecule has 1 aliphatic carbocycles. The molecule has 0 spiro atoms. The molecule has 6 atom stereocenters. The third-order valence-corrected chi connectivity index (χ3v) is 5.22. The van der Waals surface area contributed by atoms with Crippen molar-refractivity contribution >= 4 is 0 Å². The van der Waals surface area contributed by atoms with Gasteiger partial charge in [-0.1, -0.05) is 96.0 Å². The van der Waals surface area contributed by atoms with Crippen LogP contribution in [-0.2, 0) is 23.7 Å². The van der Waals surface area contributed by atoms with Crippen LogP contribution in [0.1, 0.15) is 130 Å². The Morgan fingerprint density at radius 1 is 0.471 bits per heavy atom. The largest absolute Gasteiger partial charge is 0.405 e. The first-order chi connectivity index (χ1) is 18.5. The van der Waals surface area contributed by atoms with E-state index in [0.29, 0.717) is 52.9 Å². The summed E-state index contributed by atoms with van der Waals surface area (Å²) in [6.07, 6.45) is 10.7. The fraction of sp³-hybridized carbons (Fsp3) is 0.846. The Hall–Kier alpha value is -1.74. The topological polar surface area (TPSA) is 228 Å². The van der Waals surface area contributed by atoms with E-state index in [9.17, 15) is 0 Å². The highest BCUT2D eigenvalue weighted by Crippen LogP contribution is 2.53. The molecule has 0 aromatic carbocycles. The van der Waals surface area contributed by atoms with Gasteiger partial charge in [-0.15, -0.1) is 0 Å². The summed E-state index contributed by atoms with van der Waals surface area (Å²) in [5.74, 6) is 0. The Labute approximate surface area is 325 Å². The highest BCUT2D eigenvalue weighted by atomic mass is 16.6. The molecule has 0 aliphatic heterocycles. The van der Waals surface area contributed by atoms with Gasteiger partial charge in [0.25, 0.3) is 0 Å². The summed E-state index contributed by atoms with van der Waals surface area (Å²) in [5, 5.41) is 0. The molecule has 1 saturated carbocycles. The van der Waals surface area contributed by atoms with Crippen LogP contribution in [0.3, 0.4) is 0 Å². The van der Waals surface area contributed by atoms with Crippen molar-refractivity contribution in [2.75, 3.05) is 52.9 Å². The molecule has 0 amide bonds. The SMILES string of the molecule is C.C.C.C.C.C.C.C.C.C.C.C.CC(N)COCC(C)N.CC(N)COCC(C)N.CCC1(COC/C=C/N)C(OC/C=C/N)C1OC/C=C/N. The molecule has 12 heteroatoms. The lowest BCUT2D eigenvalue weighted by molar-refractivity contribution is 0.0515. The zero-order valence-electron chi connectivity index (χ0n) is 24.9. The predicted molar refractivity (Wildman–Crippen MR) is 240 cm³/mol. The van der Waals surface area contributed by atoms with E-state index in [4.69, 9.17) is 63.8 Å².